The van der Waals surface area contributed by atoms with Gasteiger partial charge in [0.1, 0.15) is 10.6 Å². The summed E-state index contributed by atoms with van der Waals surface area (Å²) in [6.45, 7) is 2.40. The monoisotopic (exact) mass is 428 g/mol. The van der Waals surface area contributed by atoms with Crippen molar-refractivity contribution >= 4 is 39.1 Å². The molecule has 4 aromatic rings. The number of nitrogens with one attached hydrogen (secondary N) is 1. The molecule has 0 radical (unpaired) electrons. The first-order chi connectivity index (χ1) is 13.9. The van der Waals surface area contributed by atoms with Gasteiger partial charge in [-0.25, -0.2) is 4.68 Å². The number of hydrogen-bond donors (Lipinski definition) is 1. The number of carbonyl (C=O) groups excluding carboxylic acids is 1. The van der Waals surface area contributed by atoms with Crippen molar-refractivity contribution < 1.29 is 9.21 Å². The summed E-state index contributed by atoms with van der Waals surface area (Å²) < 4.78 is 7.36. The van der Waals surface area contributed by atoms with Gasteiger partial charge in [-0.1, -0.05) is 11.6 Å². The van der Waals surface area contributed by atoms with Crippen LogP contribution in [0.4, 0.5) is 0 Å². The molecule has 4 rings (SSSR count). The highest BCUT2D eigenvalue weighted by Crippen LogP contribution is 2.31. The Balaban J connectivity index is 1.57. The lowest BCUT2D eigenvalue weighted by Gasteiger charge is -2.22. The Morgan fingerprint density at radius 2 is 2.07 bits per heavy atom. The molecule has 1 aromatic carbocycles. The second-order valence-corrected chi connectivity index (χ2v) is 8.48. The molecule has 3 aromatic heterocycles. The maximum absolute atomic E-state index is 12.8. The van der Waals surface area contributed by atoms with E-state index in [-0.39, 0.29) is 11.9 Å². The quantitative estimate of drug-likeness (QED) is 0.484. The molecule has 0 spiro atoms. The van der Waals surface area contributed by atoms with Gasteiger partial charge >= 0.3 is 0 Å². The second-order valence-electron chi connectivity index (χ2n) is 7.01. The number of aryl methyl sites for hydroxylation is 1. The molecule has 0 bridgehead atoms. The average molecular weight is 429 g/mol. The summed E-state index contributed by atoms with van der Waals surface area (Å²) in [6.07, 6.45) is 1.64. The predicted molar refractivity (Wildman–Crippen MR) is 116 cm³/mol. The fourth-order valence-electron chi connectivity index (χ4n) is 3.21. The minimum Gasteiger partial charge on any atom is -0.468 e. The van der Waals surface area contributed by atoms with Crippen molar-refractivity contribution in [2.24, 2.45) is 0 Å². The molecule has 0 aliphatic carbocycles. The maximum atomic E-state index is 12.8. The Kier molecular flexibility index (Phi) is 5.45. The summed E-state index contributed by atoms with van der Waals surface area (Å²) >= 11 is 7.43. The van der Waals surface area contributed by atoms with Gasteiger partial charge in [-0.2, -0.15) is 5.10 Å². The molecule has 3 heterocycles. The molecule has 1 N–H and O–H groups in total. The van der Waals surface area contributed by atoms with E-state index in [2.05, 4.69) is 10.4 Å². The van der Waals surface area contributed by atoms with E-state index in [1.807, 2.05) is 73.1 Å². The lowest BCUT2D eigenvalue weighted by Crippen LogP contribution is -2.34. The molecule has 0 saturated heterocycles. The molecule has 1 amide bonds. The van der Waals surface area contributed by atoms with E-state index in [1.165, 1.54) is 11.3 Å². The predicted octanol–water partition coefficient (Wildman–Crippen LogP) is 4.67. The van der Waals surface area contributed by atoms with Crippen LogP contribution in [-0.2, 0) is 0 Å². The highest BCUT2D eigenvalue weighted by molar-refractivity contribution is 7.20. The zero-order valence-corrected chi connectivity index (χ0v) is 17.9. The molecule has 0 aliphatic rings. The first-order valence-electron chi connectivity index (χ1n) is 9.17. The van der Waals surface area contributed by atoms with E-state index >= 15 is 0 Å². The van der Waals surface area contributed by atoms with Gasteiger partial charge < -0.3 is 9.73 Å². The SMILES string of the molecule is Cc1nn(-c2ccc(Cl)cc2)c2sc(C(=O)NCC(c3ccco3)N(C)C)cc12. The van der Waals surface area contributed by atoms with Crippen molar-refractivity contribution in [2.45, 2.75) is 13.0 Å². The Morgan fingerprint density at radius 3 is 2.72 bits per heavy atom. The molecule has 0 saturated carbocycles. The number of likely N-dealkylation sites (N-methyl/N-ethyl adjacent to an activating group) is 1. The standard InChI is InChI=1S/C21H21ClN4O2S/c1-13-16-11-19(20(27)23-12-17(25(2)3)18-5-4-10-28-18)29-21(16)26(24-13)15-8-6-14(22)7-9-15/h4-11,17H,12H2,1-3H3,(H,23,27). The summed E-state index contributed by atoms with van der Waals surface area (Å²) in [5, 5.41) is 9.29. The minimum atomic E-state index is -0.105. The number of benzene rings is 1. The van der Waals surface area contributed by atoms with E-state index in [0.717, 1.165) is 27.4 Å². The number of rotatable bonds is 6. The van der Waals surface area contributed by atoms with Crippen LogP contribution in [0.1, 0.15) is 27.2 Å². The fourth-order valence-corrected chi connectivity index (χ4v) is 4.44. The van der Waals surface area contributed by atoms with Crippen LogP contribution >= 0.6 is 22.9 Å². The smallest absolute Gasteiger partial charge is 0.261 e. The summed E-state index contributed by atoms with van der Waals surface area (Å²) in [5.41, 5.74) is 1.79. The molecule has 8 heteroatoms. The van der Waals surface area contributed by atoms with Crippen LogP contribution in [0.5, 0.6) is 0 Å². The largest absolute Gasteiger partial charge is 0.468 e. The topological polar surface area (TPSA) is 63.3 Å². The number of halogens is 1. The summed E-state index contributed by atoms with van der Waals surface area (Å²) in [7, 11) is 3.92. The molecule has 0 aliphatic heterocycles. The Hall–Kier alpha value is -2.61. The van der Waals surface area contributed by atoms with Gasteiger partial charge in [-0.15, -0.1) is 11.3 Å². The van der Waals surface area contributed by atoms with Gasteiger partial charge in [0, 0.05) is 17.0 Å². The first-order valence-corrected chi connectivity index (χ1v) is 10.4. The van der Waals surface area contributed by atoms with Crippen LogP contribution < -0.4 is 5.32 Å². The van der Waals surface area contributed by atoms with Gasteiger partial charge in [-0.3, -0.25) is 9.69 Å². The number of furan rings is 1. The molecule has 6 nitrogen and oxygen atoms in total. The van der Waals surface area contributed by atoms with Crippen molar-refractivity contribution in [3.05, 3.63) is 70.1 Å². The van der Waals surface area contributed by atoms with E-state index in [9.17, 15) is 4.79 Å². The number of hydrogen-bond acceptors (Lipinski definition) is 5. The van der Waals surface area contributed by atoms with Crippen LogP contribution in [-0.4, -0.2) is 41.2 Å². The first kappa shape index (κ1) is 19.7. The van der Waals surface area contributed by atoms with E-state index < -0.39 is 0 Å². The average Bonchev–Trinajstić information content (AvgIpc) is 3.41. The number of aromatic nitrogens is 2. The lowest BCUT2D eigenvalue weighted by molar-refractivity contribution is 0.0943. The zero-order valence-electron chi connectivity index (χ0n) is 16.3. The molecule has 1 atom stereocenters. The van der Waals surface area contributed by atoms with E-state index in [1.54, 1.807) is 6.26 Å². The van der Waals surface area contributed by atoms with Gasteiger partial charge in [0.2, 0.25) is 0 Å². The third-order valence-electron chi connectivity index (χ3n) is 4.79. The lowest BCUT2D eigenvalue weighted by atomic mass is 10.2. The van der Waals surface area contributed by atoms with E-state index in [4.69, 9.17) is 16.0 Å². The minimum absolute atomic E-state index is 0.0328. The molecule has 0 fully saturated rings. The van der Waals surface area contributed by atoms with Gasteiger partial charge in [0.05, 0.1) is 28.6 Å². The molecule has 1 unspecified atom stereocenters. The Morgan fingerprint density at radius 1 is 1.31 bits per heavy atom. The van der Waals surface area contributed by atoms with Crippen molar-refractivity contribution in [3.8, 4) is 5.69 Å². The molecular weight excluding hydrogens is 408 g/mol. The Bertz CT molecular complexity index is 1130. The van der Waals surface area contributed by atoms with Gasteiger partial charge in [0.15, 0.2) is 0 Å². The number of nitrogens with zero attached hydrogens (tertiary/aromatic N) is 3. The molecule has 150 valence electrons. The number of fused-ring (bicyclic) bond motifs is 1. The van der Waals surface area contributed by atoms with Crippen LogP contribution in [0.3, 0.4) is 0 Å². The second kappa shape index (κ2) is 8.02. The van der Waals surface area contributed by atoms with Crippen LogP contribution in [0.2, 0.25) is 5.02 Å². The third kappa shape index (κ3) is 3.94. The van der Waals surface area contributed by atoms with Gasteiger partial charge in [0.25, 0.3) is 5.91 Å². The van der Waals surface area contributed by atoms with E-state index in [0.29, 0.717) is 16.4 Å². The zero-order chi connectivity index (χ0) is 20.5. The number of carbonyl (C=O) groups is 1. The summed E-state index contributed by atoms with van der Waals surface area (Å²) in [6, 6.07) is 13.1. The fraction of sp³-hybridized carbons (Fsp3) is 0.238. The summed E-state index contributed by atoms with van der Waals surface area (Å²) in [4.78, 5) is 16.4. The normalized spacial score (nSPS) is 12.6. The highest BCUT2D eigenvalue weighted by Gasteiger charge is 2.21. The summed E-state index contributed by atoms with van der Waals surface area (Å²) in [5.74, 6) is 0.715. The maximum Gasteiger partial charge on any atom is 0.261 e. The number of amides is 1. The third-order valence-corrected chi connectivity index (χ3v) is 6.15. The van der Waals surface area contributed by atoms with Crippen molar-refractivity contribution in [2.75, 3.05) is 20.6 Å². The van der Waals surface area contributed by atoms with Crippen LogP contribution in [0.25, 0.3) is 15.9 Å². The highest BCUT2D eigenvalue weighted by atomic mass is 35.5. The molecular formula is C21H21ClN4O2S. The Labute approximate surface area is 177 Å². The van der Waals surface area contributed by atoms with Crippen molar-refractivity contribution in [3.63, 3.8) is 0 Å². The van der Waals surface area contributed by atoms with Crippen LogP contribution in [0, 0.1) is 6.92 Å². The number of thiophene rings is 1. The van der Waals surface area contributed by atoms with Crippen molar-refractivity contribution in [1.82, 2.24) is 20.0 Å². The molecule has 29 heavy (non-hydrogen) atoms. The van der Waals surface area contributed by atoms with Gasteiger partial charge in [-0.05, 0) is 63.5 Å². The van der Waals surface area contributed by atoms with Crippen molar-refractivity contribution in [1.29, 1.82) is 0 Å². The van der Waals surface area contributed by atoms with Crippen LogP contribution in [0.15, 0.2) is 53.1 Å².